The fourth-order valence-corrected chi connectivity index (χ4v) is 2.52. The highest BCUT2D eigenvalue weighted by atomic mass is 127. The number of nitro groups is 1. The van der Waals surface area contributed by atoms with Crippen molar-refractivity contribution < 1.29 is 9.66 Å². The minimum absolute atomic E-state index is 0.0939. The van der Waals surface area contributed by atoms with Gasteiger partial charge >= 0.3 is 0 Å². The highest BCUT2D eigenvalue weighted by molar-refractivity contribution is 14.1. The van der Waals surface area contributed by atoms with E-state index in [1.54, 1.807) is 12.1 Å². The van der Waals surface area contributed by atoms with Gasteiger partial charge in [0.2, 0.25) is 0 Å². The first-order valence-electron chi connectivity index (χ1n) is 5.17. The summed E-state index contributed by atoms with van der Waals surface area (Å²) in [7, 11) is 0. The number of nitrogens with zero attached hydrogens (tertiary/aromatic N) is 1. The molecule has 0 spiro atoms. The lowest BCUT2D eigenvalue weighted by molar-refractivity contribution is -0.384. The van der Waals surface area contributed by atoms with Crippen molar-refractivity contribution in [3.63, 3.8) is 0 Å². The Morgan fingerprint density at radius 3 is 2.62 bits per heavy atom. The summed E-state index contributed by atoms with van der Waals surface area (Å²) in [5, 5.41) is 10.5. The molecule has 1 aromatic rings. The number of alkyl halides is 1. The van der Waals surface area contributed by atoms with Gasteiger partial charge in [0.25, 0.3) is 5.69 Å². The van der Waals surface area contributed by atoms with Gasteiger partial charge in [-0.2, -0.15) is 0 Å². The molecule has 0 amide bonds. The van der Waals surface area contributed by atoms with E-state index in [9.17, 15) is 10.1 Å². The van der Waals surface area contributed by atoms with Crippen molar-refractivity contribution in [1.29, 1.82) is 0 Å². The molecule has 86 valence electrons. The van der Waals surface area contributed by atoms with Crippen LogP contribution in [0.25, 0.3) is 0 Å². The molecule has 2 rings (SSSR count). The van der Waals surface area contributed by atoms with Crippen LogP contribution >= 0.6 is 22.6 Å². The van der Waals surface area contributed by atoms with Gasteiger partial charge in [0.15, 0.2) is 0 Å². The Balaban J connectivity index is 2.11. The molecule has 0 N–H and O–H groups in total. The maximum atomic E-state index is 10.5. The second-order valence-corrected chi connectivity index (χ2v) is 5.59. The van der Waals surface area contributed by atoms with E-state index in [-0.39, 0.29) is 16.7 Å². The standard InChI is InChI=1S/C11H12INO3/c12-9-5-6-16-11(7-9)8-1-3-10(4-2-8)13(14)15/h1-4,9,11H,5-7H2/t9-,11-/m1/s1. The molecular formula is C11H12INO3. The number of halogens is 1. The fourth-order valence-electron chi connectivity index (χ4n) is 1.80. The zero-order valence-corrected chi connectivity index (χ0v) is 10.8. The third-order valence-corrected chi connectivity index (χ3v) is 3.83. The van der Waals surface area contributed by atoms with Crippen molar-refractivity contribution in [1.82, 2.24) is 0 Å². The summed E-state index contributed by atoms with van der Waals surface area (Å²) in [6, 6.07) is 6.65. The molecule has 0 aromatic heterocycles. The lowest BCUT2D eigenvalue weighted by Crippen LogP contribution is -2.19. The van der Waals surface area contributed by atoms with E-state index in [1.165, 1.54) is 12.1 Å². The second kappa shape index (κ2) is 5.09. The molecule has 4 nitrogen and oxygen atoms in total. The average Bonchev–Trinajstić information content (AvgIpc) is 2.29. The molecule has 0 bridgehead atoms. The van der Waals surface area contributed by atoms with Crippen LogP contribution in [0.15, 0.2) is 24.3 Å². The summed E-state index contributed by atoms with van der Waals surface area (Å²) >= 11 is 2.43. The van der Waals surface area contributed by atoms with Crippen LogP contribution in [0.1, 0.15) is 24.5 Å². The van der Waals surface area contributed by atoms with Gasteiger partial charge in [-0.15, -0.1) is 0 Å². The lowest BCUT2D eigenvalue weighted by Gasteiger charge is -2.26. The van der Waals surface area contributed by atoms with E-state index in [0.29, 0.717) is 3.92 Å². The molecule has 1 heterocycles. The minimum atomic E-state index is -0.382. The van der Waals surface area contributed by atoms with Crippen molar-refractivity contribution in [2.45, 2.75) is 22.9 Å². The zero-order valence-electron chi connectivity index (χ0n) is 8.64. The van der Waals surface area contributed by atoms with Crippen LogP contribution in [-0.4, -0.2) is 15.5 Å². The largest absolute Gasteiger partial charge is 0.373 e. The van der Waals surface area contributed by atoms with Crippen LogP contribution in [0.5, 0.6) is 0 Å². The molecule has 16 heavy (non-hydrogen) atoms. The van der Waals surface area contributed by atoms with Crippen molar-refractivity contribution in [3.05, 3.63) is 39.9 Å². The second-order valence-electron chi connectivity index (χ2n) is 3.83. The summed E-state index contributed by atoms with van der Waals surface area (Å²) < 4.78 is 6.29. The summed E-state index contributed by atoms with van der Waals surface area (Å²) in [6.07, 6.45) is 2.17. The Labute approximate surface area is 107 Å². The third kappa shape index (κ3) is 2.70. The van der Waals surface area contributed by atoms with Gasteiger partial charge in [-0.25, -0.2) is 0 Å². The minimum Gasteiger partial charge on any atom is -0.373 e. The molecule has 1 fully saturated rings. The maximum absolute atomic E-state index is 10.5. The topological polar surface area (TPSA) is 52.4 Å². The van der Waals surface area contributed by atoms with E-state index < -0.39 is 0 Å². The highest BCUT2D eigenvalue weighted by Crippen LogP contribution is 2.32. The van der Waals surface area contributed by atoms with Gasteiger partial charge in [0, 0.05) is 22.7 Å². The number of hydrogen-bond acceptors (Lipinski definition) is 3. The van der Waals surface area contributed by atoms with Crippen molar-refractivity contribution in [2.24, 2.45) is 0 Å². The molecule has 1 aromatic carbocycles. The van der Waals surface area contributed by atoms with Gasteiger partial charge in [-0.1, -0.05) is 22.6 Å². The smallest absolute Gasteiger partial charge is 0.269 e. The van der Waals surface area contributed by atoms with Gasteiger partial charge in [-0.05, 0) is 30.5 Å². The Bertz CT molecular complexity index is 379. The lowest BCUT2D eigenvalue weighted by atomic mass is 10.0. The van der Waals surface area contributed by atoms with Crippen LogP contribution in [0, 0.1) is 10.1 Å². The Hall–Kier alpha value is -0.690. The highest BCUT2D eigenvalue weighted by Gasteiger charge is 2.22. The van der Waals surface area contributed by atoms with Crippen molar-refractivity contribution in [2.75, 3.05) is 6.61 Å². The Kier molecular flexibility index (Phi) is 3.75. The van der Waals surface area contributed by atoms with E-state index in [2.05, 4.69) is 22.6 Å². The first-order chi connectivity index (χ1) is 7.66. The van der Waals surface area contributed by atoms with E-state index in [4.69, 9.17) is 4.74 Å². The van der Waals surface area contributed by atoms with Gasteiger partial charge in [0.05, 0.1) is 11.0 Å². The summed E-state index contributed by atoms with van der Waals surface area (Å²) in [4.78, 5) is 10.1. The molecule has 1 aliphatic heterocycles. The monoisotopic (exact) mass is 333 g/mol. The zero-order chi connectivity index (χ0) is 11.5. The maximum Gasteiger partial charge on any atom is 0.269 e. The number of non-ortho nitro benzene ring substituents is 1. The molecule has 0 radical (unpaired) electrons. The van der Waals surface area contributed by atoms with Gasteiger partial charge < -0.3 is 4.74 Å². The molecule has 2 atom stereocenters. The molecule has 1 aliphatic rings. The molecule has 0 aliphatic carbocycles. The van der Waals surface area contributed by atoms with Crippen LogP contribution in [0.4, 0.5) is 5.69 Å². The van der Waals surface area contributed by atoms with Gasteiger partial charge in [-0.3, -0.25) is 10.1 Å². The normalized spacial score (nSPS) is 25.3. The third-order valence-electron chi connectivity index (χ3n) is 2.70. The summed E-state index contributed by atoms with van der Waals surface area (Å²) in [5.41, 5.74) is 1.16. The number of rotatable bonds is 2. The van der Waals surface area contributed by atoms with Crippen LogP contribution < -0.4 is 0 Å². The first kappa shape index (κ1) is 11.8. The van der Waals surface area contributed by atoms with Crippen LogP contribution in [0.2, 0.25) is 0 Å². The number of hydrogen-bond donors (Lipinski definition) is 0. The molecule has 0 saturated carbocycles. The predicted molar refractivity (Wildman–Crippen MR) is 68.8 cm³/mol. The van der Waals surface area contributed by atoms with Crippen LogP contribution in [0.3, 0.4) is 0 Å². The summed E-state index contributed by atoms with van der Waals surface area (Å²) in [6.45, 7) is 0.773. The Morgan fingerprint density at radius 2 is 2.06 bits per heavy atom. The fraction of sp³-hybridized carbons (Fsp3) is 0.455. The number of nitro benzene ring substituents is 1. The molecular weight excluding hydrogens is 321 g/mol. The predicted octanol–water partition coefficient (Wildman–Crippen LogP) is 3.25. The summed E-state index contributed by atoms with van der Waals surface area (Å²) in [5.74, 6) is 0. The van der Waals surface area contributed by atoms with Gasteiger partial charge in [0.1, 0.15) is 0 Å². The molecule has 1 saturated heterocycles. The van der Waals surface area contributed by atoms with Crippen molar-refractivity contribution >= 4 is 28.3 Å². The quantitative estimate of drug-likeness (QED) is 0.361. The van der Waals surface area contributed by atoms with Crippen molar-refractivity contribution in [3.8, 4) is 0 Å². The molecule has 0 unspecified atom stereocenters. The van der Waals surface area contributed by atoms with E-state index >= 15 is 0 Å². The number of ether oxygens (including phenoxy) is 1. The SMILES string of the molecule is O=[N+]([O-])c1ccc([C@H]2C[C@H](I)CCO2)cc1. The van der Waals surface area contributed by atoms with Crippen LogP contribution in [-0.2, 0) is 4.74 Å². The number of benzene rings is 1. The van der Waals surface area contributed by atoms with E-state index in [0.717, 1.165) is 25.0 Å². The first-order valence-corrected chi connectivity index (χ1v) is 6.41. The van der Waals surface area contributed by atoms with E-state index in [1.807, 2.05) is 0 Å². The average molecular weight is 333 g/mol. The molecule has 5 heteroatoms. The Morgan fingerprint density at radius 1 is 1.38 bits per heavy atom.